The molecular weight excluding hydrogens is 572 g/mol. The minimum Gasteiger partial charge on any atom is -0.389 e. The zero-order chi connectivity index (χ0) is 31.2. The van der Waals surface area contributed by atoms with Gasteiger partial charge in [0, 0.05) is 36.3 Å². The molecule has 0 spiro atoms. The zero-order valence-electron chi connectivity index (χ0n) is 24.7. The largest absolute Gasteiger partial charge is 0.389 e. The van der Waals surface area contributed by atoms with E-state index in [9.17, 15) is 30.6 Å². The Morgan fingerprint density at radius 2 is 1.07 bits per heavy atom. The summed E-state index contributed by atoms with van der Waals surface area (Å²) >= 11 is 0. The van der Waals surface area contributed by atoms with Gasteiger partial charge in [-0.25, -0.2) is 0 Å². The van der Waals surface area contributed by atoms with E-state index in [1.54, 1.807) is 0 Å². The molecule has 0 radical (unpaired) electrons. The maximum atomic E-state index is 11.2. The van der Waals surface area contributed by atoms with Gasteiger partial charge in [0.05, 0.1) is 25.4 Å². The van der Waals surface area contributed by atoms with E-state index in [0.717, 1.165) is 24.0 Å². The van der Waals surface area contributed by atoms with E-state index in [4.69, 9.17) is 24.7 Å². The molecule has 3 aliphatic rings. The number of benzene rings is 2. The Labute approximate surface area is 257 Å². The summed E-state index contributed by atoms with van der Waals surface area (Å²) in [5.74, 6) is 0. The number of hydrogen-bond donors (Lipinski definition) is 7. The van der Waals surface area contributed by atoms with Crippen LogP contribution in [0, 0.1) is 0 Å². The lowest BCUT2D eigenvalue weighted by atomic mass is 9.89. The number of aliphatic hydroxyl groups excluding tert-OH is 6. The molecular formula is C32H46N2O10. The molecule has 0 amide bonds. The van der Waals surface area contributed by atoms with Crippen molar-refractivity contribution in [1.29, 1.82) is 0 Å². The van der Waals surface area contributed by atoms with E-state index in [1.165, 1.54) is 0 Å². The number of ether oxygens (including phenoxy) is 4. The highest BCUT2D eigenvalue weighted by Crippen LogP contribution is 2.31. The SMILES string of the molecule is N[C@H]1CC[C@@H](N(CC(O)C(O)C2OC(c3ccccc3)OCC2O)C[C@H](O)[C@H](O)C2OC(c3ccccc3)OCC2O)CC1. The molecule has 2 aromatic rings. The summed E-state index contributed by atoms with van der Waals surface area (Å²) < 4.78 is 23.0. The molecule has 12 nitrogen and oxygen atoms in total. The van der Waals surface area contributed by atoms with Gasteiger partial charge in [0.25, 0.3) is 0 Å². The normalized spacial score (nSPS) is 34.3. The highest BCUT2D eigenvalue weighted by Gasteiger charge is 2.43. The summed E-state index contributed by atoms with van der Waals surface area (Å²) in [7, 11) is 0. The van der Waals surface area contributed by atoms with Crippen molar-refractivity contribution in [3.63, 3.8) is 0 Å². The van der Waals surface area contributed by atoms with Crippen molar-refractivity contribution in [1.82, 2.24) is 4.90 Å². The Kier molecular flexibility index (Phi) is 11.7. The molecule has 0 aromatic heterocycles. The van der Waals surface area contributed by atoms with Gasteiger partial charge >= 0.3 is 0 Å². The maximum absolute atomic E-state index is 11.2. The molecule has 3 fully saturated rings. The van der Waals surface area contributed by atoms with E-state index in [2.05, 4.69) is 0 Å². The number of nitrogens with zero attached hydrogens (tertiary/aromatic N) is 1. The lowest BCUT2D eigenvalue weighted by Gasteiger charge is -2.43. The summed E-state index contributed by atoms with van der Waals surface area (Å²) in [5.41, 5.74) is 7.57. The Balaban J connectivity index is 1.25. The molecule has 44 heavy (non-hydrogen) atoms. The quantitative estimate of drug-likeness (QED) is 0.178. The fourth-order valence-corrected chi connectivity index (χ4v) is 6.27. The van der Waals surface area contributed by atoms with Gasteiger partial charge in [-0.15, -0.1) is 0 Å². The fraction of sp³-hybridized carbons (Fsp3) is 0.625. The van der Waals surface area contributed by atoms with E-state index in [1.807, 2.05) is 65.6 Å². The molecule has 2 aromatic carbocycles. The maximum Gasteiger partial charge on any atom is 0.184 e. The Hall–Kier alpha value is -2.04. The topological polar surface area (TPSA) is 188 Å². The van der Waals surface area contributed by atoms with Crippen LogP contribution in [0.25, 0.3) is 0 Å². The van der Waals surface area contributed by atoms with Gasteiger partial charge in [0.2, 0.25) is 0 Å². The highest BCUT2D eigenvalue weighted by atomic mass is 16.7. The van der Waals surface area contributed by atoms with Crippen LogP contribution in [-0.4, -0.2) is 123 Å². The molecule has 12 heteroatoms. The molecule has 244 valence electrons. The van der Waals surface area contributed by atoms with E-state index >= 15 is 0 Å². The van der Waals surface area contributed by atoms with Gasteiger partial charge < -0.3 is 55.3 Å². The molecule has 10 atom stereocenters. The van der Waals surface area contributed by atoms with Crippen molar-refractivity contribution < 1.29 is 49.6 Å². The fourth-order valence-electron chi connectivity index (χ4n) is 6.27. The second-order valence-corrected chi connectivity index (χ2v) is 12.1. The Morgan fingerprint density at radius 3 is 1.48 bits per heavy atom. The standard InChI is InChI=1S/C32H46N2O10/c33-21-11-13-22(14-12-21)34(15-23(35)27(39)29-25(37)17-41-31(43-29)19-7-3-1-4-8-19)16-24(36)28(40)30-26(38)18-42-32(44-30)20-9-5-2-6-10-20/h1-10,21-32,35-40H,11-18,33H2/t21-,22+,23-,24?,25?,26?,27-,28?,29?,30?,31?,32?/m0/s1. The second kappa shape index (κ2) is 15.5. The monoisotopic (exact) mass is 618 g/mol. The van der Waals surface area contributed by atoms with Crippen LogP contribution in [-0.2, 0) is 18.9 Å². The first-order valence-corrected chi connectivity index (χ1v) is 15.4. The third-order valence-corrected chi connectivity index (χ3v) is 8.86. The number of aliphatic hydroxyl groups is 6. The van der Waals surface area contributed by atoms with Crippen LogP contribution in [0.2, 0.25) is 0 Å². The van der Waals surface area contributed by atoms with Crippen LogP contribution in [0.1, 0.15) is 49.4 Å². The minimum absolute atomic E-state index is 0.0561. The van der Waals surface area contributed by atoms with E-state index < -0.39 is 61.4 Å². The van der Waals surface area contributed by atoms with Crippen LogP contribution >= 0.6 is 0 Å². The second-order valence-electron chi connectivity index (χ2n) is 12.1. The summed E-state index contributed by atoms with van der Waals surface area (Å²) in [6.45, 7) is -0.308. The number of nitrogens with two attached hydrogens (primary N) is 1. The molecule has 8 N–H and O–H groups in total. The van der Waals surface area contributed by atoms with E-state index in [0.29, 0.717) is 12.8 Å². The van der Waals surface area contributed by atoms with Crippen molar-refractivity contribution in [2.24, 2.45) is 5.73 Å². The van der Waals surface area contributed by atoms with Crippen molar-refractivity contribution in [3.8, 4) is 0 Å². The van der Waals surface area contributed by atoms with Crippen LogP contribution in [0.3, 0.4) is 0 Å². The third-order valence-electron chi connectivity index (χ3n) is 8.86. The minimum atomic E-state index is -1.47. The number of rotatable bonds is 11. The van der Waals surface area contributed by atoms with Crippen molar-refractivity contribution in [2.45, 2.75) is 99.2 Å². The first-order chi connectivity index (χ1) is 21.2. The molecule has 2 aliphatic heterocycles. The van der Waals surface area contributed by atoms with Crippen molar-refractivity contribution >= 4 is 0 Å². The lowest BCUT2D eigenvalue weighted by Crippen LogP contribution is -2.58. The van der Waals surface area contributed by atoms with Gasteiger partial charge in [0.1, 0.15) is 36.6 Å². The summed E-state index contributed by atoms with van der Waals surface area (Å²) in [6, 6.07) is 18.2. The zero-order valence-corrected chi connectivity index (χ0v) is 24.7. The molecule has 0 bridgehead atoms. The van der Waals surface area contributed by atoms with Crippen LogP contribution in [0.15, 0.2) is 60.7 Å². The summed E-state index contributed by atoms with van der Waals surface area (Å²) in [4.78, 5) is 1.83. The van der Waals surface area contributed by atoms with Crippen molar-refractivity contribution in [2.75, 3.05) is 26.3 Å². The van der Waals surface area contributed by atoms with Gasteiger partial charge in [-0.1, -0.05) is 60.7 Å². The Morgan fingerprint density at radius 1 is 0.659 bits per heavy atom. The first-order valence-electron chi connectivity index (χ1n) is 15.4. The predicted molar refractivity (Wildman–Crippen MR) is 158 cm³/mol. The van der Waals surface area contributed by atoms with Gasteiger partial charge in [0.15, 0.2) is 12.6 Å². The highest BCUT2D eigenvalue weighted by molar-refractivity contribution is 5.17. The van der Waals surface area contributed by atoms with Gasteiger partial charge in [-0.3, -0.25) is 4.90 Å². The molecule has 2 saturated heterocycles. The lowest BCUT2D eigenvalue weighted by molar-refractivity contribution is -0.285. The molecule has 1 saturated carbocycles. The predicted octanol–water partition coefficient (Wildman–Crippen LogP) is -0.0479. The third kappa shape index (κ3) is 8.21. The van der Waals surface area contributed by atoms with Crippen LogP contribution in [0.5, 0.6) is 0 Å². The molecule has 2 heterocycles. The van der Waals surface area contributed by atoms with Gasteiger partial charge in [-0.05, 0) is 25.7 Å². The first kappa shape index (κ1) is 33.3. The summed E-state index contributed by atoms with van der Waals surface area (Å²) in [5, 5.41) is 66.0. The summed E-state index contributed by atoms with van der Waals surface area (Å²) in [6.07, 6.45) is -8.98. The smallest absolute Gasteiger partial charge is 0.184 e. The van der Waals surface area contributed by atoms with E-state index in [-0.39, 0.29) is 38.4 Å². The average Bonchev–Trinajstić information content (AvgIpc) is 3.05. The van der Waals surface area contributed by atoms with Crippen molar-refractivity contribution in [3.05, 3.63) is 71.8 Å². The van der Waals surface area contributed by atoms with Gasteiger partial charge in [-0.2, -0.15) is 0 Å². The molecule has 5 rings (SSSR count). The average molecular weight is 619 g/mol. The van der Waals surface area contributed by atoms with Crippen LogP contribution in [0.4, 0.5) is 0 Å². The van der Waals surface area contributed by atoms with Crippen LogP contribution < -0.4 is 5.73 Å². The number of hydrogen-bond acceptors (Lipinski definition) is 12. The molecule has 1 aliphatic carbocycles. The Bertz CT molecular complexity index is 1050. The molecule has 8 unspecified atom stereocenters.